The number of hydrogen-bond donors (Lipinski definition) is 1. The summed E-state index contributed by atoms with van der Waals surface area (Å²) >= 11 is 3.54. The van der Waals surface area contributed by atoms with E-state index in [0.717, 1.165) is 49.2 Å². The van der Waals surface area contributed by atoms with Crippen molar-refractivity contribution < 1.29 is 4.39 Å². The summed E-state index contributed by atoms with van der Waals surface area (Å²) < 4.78 is 14.5. The van der Waals surface area contributed by atoms with Gasteiger partial charge >= 0.3 is 0 Å². The second kappa shape index (κ2) is 7.20. The highest BCUT2D eigenvalue weighted by Gasteiger charge is 2.26. The van der Waals surface area contributed by atoms with E-state index in [2.05, 4.69) is 43.8 Å². The van der Waals surface area contributed by atoms with Crippen molar-refractivity contribution in [3.8, 4) is 0 Å². The predicted octanol–water partition coefficient (Wildman–Crippen LogP) is 2.56. The molecule has 2 N–H and O–H groups in total. The summed E-state index contributed by atoms with van der Waals surface area (Å²) in [6.07, 6.45) is 4.49. The Balaban J connectivity index is 1.81. The maximum Gasteiger partial charge on any atom is 0.123 e. The quantitative estimate of drug-likeness (QED) is 0.871. The molecule has 1 aromatic carbocycles. The molecule has 0 spiro atoms. The van der Waals surface area contributed by atoms with Crippen LogP contribution in [0, 0.1) is 5.82 Å². The Morgan fingerprint density at radius 2 is 2.22 bits per heavy atom. The van der Waals surface area contributed by atoms with Crippen molar-refractivity contribution >= 4 is 15.9 Å². The number of likely N-dealkylation sites (N-methyl/N-ethyl adjacent to an activating group) is 1. The van der Waals surface area contributed by atoms with Gasteiger partial charge in [0, 0.05) is 36.7 Å². The molecule has 1 fully saturated rings. The van der Waals surface area contributed by atoms with Gasteiger partial charge in [0.15, 0.2) is 0 Å². The molecule has 4 nitrogen and oxygen atoms in total. The average molecular weight is 383 g/mol. The van der Waals surface area contributed by atoms with Crippen LogP contribution >= 0.6 is 15.9 Å². The first-order valence-corrected chi connectivity index (χ1v) is 8.90. The van der Waals surface area contributed by atoms with E-state index in [4.69, 9.17) is 5.73 Å². The number of benzene rings is 1. The summed E-state index contributed by atoms with van der Waals surface area (Å²) in [6, 6.07) is 5.11. The van der Waals surface area contributed by atoms with Crippen LogP contribution in [-0.4, -0.2) is 54.1 Å². The zero-order valence-corrected chi connectivity index (χ0v) is 15.1. The average Bonchev–Trinajstić information content (AvgIpc) is 2.51. The van der Waals surface area contributed by atoms with E-state index in [9.17, 15) is 4.39 Å². The number of hydrogen-bond acceptors (Lipinski definition) is 4. The van der Waals surface area contributed by atoms with Gasteiger partial charge in [-0.15, -0.1) is 0 Å². The maximum absolute atomic E-state index is 13.6. The molecule has 3 rings (SSSR count). The van der Waals surface area contributed by atoms with Gasteiger partial charge in [-0.3, -0.25) is 4.90 Å². The summed E-state index contributed by atoms with van der Waals surface area (Å²) in [5.41, 5.74) is 7.11. The Kier molecular flexibility index (Phi) is 5.24. The number of likely N-dealkylation sites (tertiary alicyclic amines) is 1. The molecule has 2 aliphatic heterocycles. The highest BCUT2D eigenvalue weighted by atomic mass is 79.9. The minimum atomic E-state index is -0.195. The molecule has 1 unspecified atom stereocenters. The Bertz CT molecular complexity index is 592. The summed E-state index contributed by atoms with van der Waals surface area (Å²) in [4.78, 5) is 6.94. The maximum atomic E-state index is 13.6. The van der Waals surface area contributed by atoms with Gasteiger partial charge in [0.25, 0.3) is 0 Å². The van der Waals surface area contributed by atoms with E-state index in [1.807, 2.05) is 0 Å². The first-order chi connectivity index (χ1) is 11.0. The van der Waals surface area contributed by atoms with Crippen molar-refractivity contribution in [1.29, 1.82) is 0 Å². The second-order valence-electron chi connectivity index (χ2n) is 6.52. The third-order valence-electron chi connectivity index (χ3n) is 4.47. The third kappa shape index (κ3) is 4.05. The molecule has 1 saturated heterocycles. The largest absolute Gasteiger partial charge is 0.357 e. The number of nitrogens with two attached hydrogens (primary N) is 1. The molecule has 0 aromatic heterocycles. The molecule has 6 heteroatoms. The van der Waals surface area contributed by atoms with E-state index in [0.29, 0.717) is 6.54 Å². The normalized spacial score (nSPS) is 23.1. The Hall–Kier alpha value is -1.11. The van der Waals surface area contributed by atoms with Crippen LogP contribution < -0.4 is 5.73 Å². The van der Waals surface area contributed by atoms with Gasteiger partial charge in [0.1, 0.15) is 11.6 Å². The second-order valence-corrected chi connectivity index (χ2v) is 7.38. The van der Waals surface area contributed by atoms with Crippen molar-refractivity contribution in [2.24, 2.45) is 5.73 Å². The van der Waals surface area contributed by atoms with Crippen LogP contribution in [0.3, 0.4) is 0 Å². The minimum Gasteiger partial charge on any atom is -0.357 e. The van der Waals surface area contributed by atoms with Crippen LogP contribution in [0.4, 0.5) is 4.39 Å². The van der Waals surface area contributed by atoms with Crippen LogP contribution in [0.5, 0.6) is 0 Å². The molecule has 0 saturated carbocycles. The molecule has 1 atom stereocenters. The summed E-state index contributed by atoms with van der Waals surface area (Å²) in [5.74, 6) is 1.04. The van der Waals surface area contributed by atoms with Crippen molar-refractivity contribution in [1.82, 2.24) is 14.7 Å². The smallest absolute Gasteiger partial charge is 0.123 e. The molecule has 2 heterocycles. The fourth-order valence-electron chi connectivity index (χ4n) is 3.34. The summed E-state index contributed by atoms with van der Waals surface area (Å²) in [7, 11) is 2.10. The first kappa shape index (κ1) is 16.7. The zero-order chi connectivity index (χ0) is 16.4. The molecule has 0 bridgehead atoms. The molecular formula is C17H24BrFN4. The molecule has 126 valence electrons. The number of rotatable bonds is 3. The lowest BCUT2D eigenvalue weighted by molar-refractivity contribution is 0.104. The van der Waals surface area contributed by atoms with Crippen molar-refractivity contribution in [2.75, 3.05) is 33.4 Å². The Morgan fingerprint density at radius 3 is 3.00 bits per heavy atom. The van der Waals surface area contributed by atoms with Crippen LogP contribution in [-0.2, 0) is 6.54 Å². The van der Waals surface area contributed by atoms with Gasteiger partial charge in [-0.25, -0.2) is 4.39 Å². The number of halogens is 2. The Morgan fingerprint density at radius 1 is 1.39 bits per heavy atom. The molecular weight excluding hydrogens is 359 g/mol. The molecule has 0 amide bonds. The molecule has 1 aromatic rings. The van der Waals surface area contributed by atoms with Gasteiger partial charge in [0.2, 0.25) is 0 Å². The minimum absolute atomic E-state index is 0.195. The lowest BCUT2D eigenvalue weighted by Gasteiger charge is -2.43. The summed E-state index contributed by atoms with van der Waals surface area (Å²) in [5, 5.41) is 0. The van der Waals surface area contributed by atoms with Gasteiger partial charge < -0.3 is 15.5 Å². The van der Waals surface area contributed by atoms with E-state index in [1.165, 1.54) is 11.9 Å². The van der Waals surface area contributed by atoms with E-state index < -0.39 is 0 Å². The topological polar surface area (TPSA) is 35.7 Å². The zero-order valence-electron chi connectivity index (χ0n) is 13.5. The third-order valence-corrected chi connectivity index (χ3v) is 5.25. The van der Waals surface area contributed by atoms with E-state index in [-0.39, 0.29) is 11.9 Å². The Labute approximate surface area is 145 Å². The lowest BCUT2D eigenvalue weighted by Crippen LogP contribution is -2.50. The van der Waals surface area contributed by atoms with Crippen molar-refractivity contribution in [2.45, 2.75) is 25.4 Å². The standard InChI is InChI=1S/C17H24BrFN4/c1-21-8-6-17(22-7-2-3-15(20)11-22)23(12-21)10-13-9-14(19)4-5-16(13)18/h4-6,9,15H,2-3,7-8,10-12,20H2,1H3. The molecule has 0 aliphatic carbocycles. The van der Waals surface area contributed by atoms with Gasteiger partial charge in [-0.2, -0.15) is 0 Å². The van der Waals surface area contributed by atoms with Crippen LogP contribution in [0.15, 0.2) is 34.6 Å². The fraction of sp³-hybridized carbons (Fsp3) is 0.529. The van der Waals surface area contributed by atoms with Crippen molar-refractivity contribution in [3.05, 3.63) is 45.9 Å². The molecule has 2 aliphatic rings. The molecule has 23 heavy (non-hydrogen) atoms. The van der Waals surface area contributed by atoms with E-state index >= 15 is 0 Å². The highest BCUT2D eigenvalue weighted by Crippen LogP contribution is 2.25. The molecule has 0 radical (unpaired) electrons. The number of piperidine rings is 1. The highest BCUT2D eigenvalue weighted by molar-refractivity contribution is 9.10. The fourth-order valence-corrected chi connectivity index (χ4v) is 3.71. The van der Waals surface area contributed by atoms with Gasteiger partial charge in [-0.1, -0.05) is 15.9 Å². The number of nitrogens with zero attached hydrogens (tertiary/aromatic N) is 3. The monoisotopic (exact) mass is 382 g/mol. The van der Waals surface area contributed by atoms with Crippen molar-refractivity contribution in [3.63, 3.8) is 0 Å². The summed E-state index contributed by atoms with van der Waals surface area (Å²) in [6.45, 7) is 4.39. The van der Waals surface area contributed by atoms with Crippen LogP contribution in [0.1, 0.15) is 18.4 Å². The van der Waals surface area contributed by atoms with Crippen LogP contribution in [0.2, 0.25) is 0 Å². The predicted molar refractivity (Wildman–Crippen MR) is 94.0 cm³/mol. The van der Waals surface area contributed by atoms with Gasteiger partial charge in [0.05, 0.1) is 6.67 Å². The van der Waals surface area contributed by atoms with Crippen LogP contribution in [0.25, 0.3) is 0 Å². The SMILES string of the molecule is CN1CC=C(N2CCCC(N)C2)N(Cc2cc(F)ccc2Br)C1. The lowest BCUT2D eigenvalue weighted by atomic mass is 10.1. The van der Waals surface area contributed by atoms with E-state index in [1.54, 1.807) is 12.1 Å². The first-order valence-electron chi connectivity index (χ1n) is 8.11. The van der Waals surface area contributed by atoms with Gasteiger partial charge in [-0.05, 0) is 49.7 Å².